The highest BCUT2D eigenvalue weighted by molar-refractivity contribution is 7.89. The van der Waals surface area contributed by atoms with Crippen molar-refractivity contribution < 1.29 is 17.6 Å². The van der Waals surface area contributed by atoms with Gasteiger partial charge in [0.05, 0.1) is 11.4 Å². The van der Waals surface area contributed by atoms with E-state index >= 15 is 0 Å². The van der Waals surface area contributed by atoms with Gasteiger partial charge in [0.15, 0.2) is 0 Å². The first-order chi connectivity index (χ1) is 10.4. The first-order valence-corrected chi connectivity index (χ1v) is 8.36. The number of terminal acetylenes is 1. The van der Waals surface area contributed by atoms with Crippen molar-refractivity contribution in [3.8, 4) is 12.3 Å². The minimum absolute atomic E-state index is 0.0594. The Bertz CT molecular complexity index is 672. The summed E-state index contributed by atoms with van der Waals surface area (Å²) in [5, 5.41) is 2.61. The number of carbonyl (C=O) groups is 1. The molecule has 118 valence electrons. The smallest absolute Gasteiger partial charge is 0.243 e. The maximum atomic E-state index is 12.9. The average molecular weight is 324 g/mol. The van der Waals surface area contributed by atoms with E-state index in [-0.39, 0.29) is 36.4 Å². The van der Waals surface area contributed by atoms with E-state index in [1.54, 1.807) is 0 Å². The van der Waals surface area contributed by atoms with E-state index in [1.165, 1.54) is 16.4 Å². The Hall–Kier alpha value is -1.91. The predicted molar refractivity (Wildman–Crippen MR) is 79.7 cm³/mol. The molecule has 22 heavy (non-hydrogen) atoms. The van der Waals surface area contributed by atoms with Crippen LogP contribution >= 0.6 is 0 Å². The third-order valence-corrected chi connectivity index (χ3v) is 5.55. The van der Waals surface area contributed by atoms with E-state index in [1.807, 2.05) is 0 Å². The minimum Gasteiger partial charge on any atom is -0.345 e. The number of rotatable bonds is 4. The van der Waals surface area contributed by atoms with Crippen molar-refractivity contribution in [2.75, 3.05) is 19.6 Å². The van der Waals surface area contributed by atoms with E-state index in [4.69, 9.17) is 6.42 Å². The van der Waals surface area contributed by atoms with Crippen LogP contribution in [0.5, 0.6) is 0 Å². The first-order valence-electron chi connectivity index (χ1n) is 6.92. The lowest BCUT2D eigenvalue weighted by Crippen LogP contribution is -2.43. The van der Waals surface area contributed by atoms with Crippen LogP contribution in [0.3, 0.4) is 0 Å². The second-order valence-corrected chi connectivity index (χ2v) is 6.99. The quantitative estimate of drug-likeness (QED) is 0.840. The van der Waals surface area contributed by atoms with Gasteiger partial charge in [0, 0.05) is 19.0 Å². The molecule has 0 saturated carbocycles. The van der Waals surface area contributed by atoms with E-state index in [9.17, 15) is 17.6 Å². The van der Waals surface area contributed by atoms with Crippen molar-refractivity contribution in [1.29, 1.82) is 0 Å². The summed E-state index contributed by atoms with van der Waals surface area (Å²) in [5.41, 5.74) is 0. The van der Waals surface area contributed by atoms with Gasteiger partial charge in [-0.25, -0.2) is 12.8 Å². The summed E-state index contributed by atoms with van der Waals surface area (Å²) in [4.78, 5) is 11.9. The fourth-order valence-electron chi connectivity index (χ4n) is 2.40. The lowest BCUT2D eigenvalue weighted by molar-refractivity contribution is -0.125. The van der Waals surface area contributed by atoms with E-state index in [0.29, 0.717) is 12.8 Å². The summed E-state index contributed by atoms with van der Waals surface area (Å²) in [6, 6.07) is 4.73. The molecule has 1 N–H and O–H groups in total. The number of nitrogens with one attached hydrogen (secondary N) is 1. The second kappa shape index (κ2) is 6.90. The Labute approximate surface area is 129 Å². The van der Waals surface area contributed by atoms with Gasteiger partial charge in [0.2, 0.25) is 15.9 Å². The summed E-state index contributed by atoms with van der Waals surface area (Å²) in [5.74, 6) is 1.47. The molecule has 1 aromatic rings. The molecule has 1 aliphatic rings. The Morgan fingerprint density at radius 3 is 2.45 bits per heavy atom. The van der Waals surface area contributed by atoms with Crippen LogP contribution in [0, 0.1) is 24.1 Å². The standard InChI is InChI=1S/C15H17FN2O3S/c1-2-9-17-15(19)12-7-10-18(11-8-12)22(20,21)14-5-3-13(16)4-6-14/h1,3-6,12H,7-11H2,(H,17,19). The molecule has 1 amide bonds. The third-order valence-electron chi connectivity index (χ3n) is 3.64. The molecule has 0 unspecified atom stereocenters. The van der Waals surface area contributed by atoms with Crippen molar-refractivity contribution in [2.45, 2.75) is 17.7 Å². The molecule has 1 saturated heterocycles. The van der Waals surface area contributed by atoms with Crippen molar-refractivity contribution >= 4 is 15.9 Å². The van der Waals surface area contributed by atoms with Gasteiger partial charge in [0.1, 0.15) is 5.82 Å². The SMILES string of the molecule is C#CCNC(=O)C1CCN(S(=O)(=O)c2ccc(F)cc2)CC1. The van der Waals surface area contributed by atoms with Gasteiger partial charge >= 0.3 is 0 Å². The fourth-order valence-corrected chi connectivity index (χ4v) is 3.87. The number of piperidine rings is 1. The number of sulfonamides is 1. The zero-order chi connectivity index (χ0) is 16.2. The molecule has 1 aromatic carbocycles. The molecule has 2 rings (SSSR count). The van der Waals surface area contributed by atoms with Gasteiger partial charge < -0.3 is 5.32 Å². The minimum atomic E-state index is -3.64. The molecule has 1 fully saturated rings. The van der Waals surface area contributed by atoms with Crippen molar-refractivity contribution in [3.05, 3.63) is 30.1 Å². The summed E-state index contributed by atoms with van der Waals surface area (Å²) in [6.45, 7) is 0.689. The summed E-state index contributed by atoms with van der Waals surface area (Å²) >= 11 is 0. The molecule has 0 spiro atoms. The van der Waals surface area contributed by atoms with Gasteiger partial charge in [0.25, 0.3) is 0 Å². The zero-order valence-corrected chi connectivity index (χ0v) is 12.8. The van der Waals surface area contributed by atoms with Crippen LogP contribution in [0.2, 0.25) is 0 Å². The van der Waals surface area contributed by atoms with Gasteiger partial charge in [-0.3, -0.25) is 4.79 Å². The number of benzene rings is 1. The normalized spacial score (nSPS) is 16.9. The van der Waals surface area contributed by atoms with Crippen LogP contribution in [-0.2, 0) is 14.8 Å². The highest BCUT2D eigenvalue weighted by atomic mass is 32.2. The molecule has 0 atom stereocenters. The number of hydrogen-bond acceptors (Lipinski definition) is 3. The van der Waals surface area contributed by atoms with Crippen molar-refractivity contribution in [1.82, 2.24) is 9.62 Å². The maximum Gasteiger partial charge on any atom is 0.243 e. The van der Waals surface area contributed by atoms with Crippen LogP contribution in [-0.4, -0.2) is 38.3 Å². The van der Waals surface area contributed by atoms with Crippen LogP contribution in [0.1, 0.15) is 12.8 Å². The van der Waals surface area contributed by atoms with Gasteiger partial charge in [-0.15, -0.1) is 6.42 Å². The van der Waals surface area contributed by atoms with E-state index in [0.717, 1.165) is 12.1 Å². The number of amides is 1. The second-order valence-electron chi connectivity index (χ2n) is 5.05. The molecule has 0 aliphatic carbocycles. The number of nitrogens with zero attached hydrogens (tertiary/aromatic N) is 1. The van der Waals surface area contributed by atoms with Crippen LogP contribution in [0.25, 0.3) is 0 Å². The summed E-state index contributed by atoms with van der Waals surface area (Å²) in [7, 11) is -3.64. The molecule has 0 radical (unpaired) electrons. The zero-order valence-electron chi connectivity index (χ0n) is 12.0. The Balaban J connectivity index is 2.00. The molecule has 1 heterocycles. The molecule has 0 aromatic heterocycles. The fraction of sp³-hybridized carbons (Fsp3) is 0.400. The van der Waals surface area contributed by atoms with Crippen LogP contribution in [0.4, 0.5) is 4.39 Å². The highest BCUT2D eigenvalue weighted by Gasteiger charge is 2.31. The number of hydrogen-bond donors (Lipinski definition) is 1. The Kier molecular flexibility index (Phi) is 5.16. The average Bonchev–Trinajstić information content (AvgIpc) is 2.53. The first kappa shape index (κ1) is 16.5. The van der Waals surface area contributed by atoms with Crippen molar-refractivity contribution in [3.63, 3.8) is 0 Å². The van der Waals surface area contributed by atoms with Crippen molar-refractivity contribution in [2.24, 2.45) is 5.92 Å². The van der Waals surface area contributed by atoms with Gasteiger partial charge in [-0.1, -0.05) is 5.92 Å². The van der Waals surface area contributed by atoms with Gasteiger partial charge in [-0.05, 0) is 37.1 Å². The largest absolute Gasteiger partial charge is 0.345 e. The Morgan fingerprint density at radius 1 is 1.32 bits per heavy atom. The highest BCUT2D eigenvalue weighted by Crippen LogP contribution is 2.24. The number of halogens is 1. The topological polar surface area (TPSA) is 66.5 Å². The third kappa shape index (κ3) is 3.64. The molecule has 7 heteroatoms. The molecule has 0 bridgehead atoms. The van der Waals surface area contributed by atoms with Crippen LogP contribution < -0.4 is 5.32 Å². The summed E-state index contributed by atoms with van der Waals surface area (Å²) in [6.07, 6.45) is 5.96. The molecular weight excluding hydrogens is 307 g/mol. The molecular formula is C15H17FN2O3S. The Morgan fingerprint density at radius 2 is 1.91 bits per heavy atom. The molecule has 1 aliphatic heterocycles. The molecule has 5 nitrogen and oxygen atoms in total. The maximum absolute atomic E-state index is 12.9. The van der Waals surface area contributed by atoms with Gasteiger partial charge in [-0.2, -0.15) is 4.31 Å². The lowest BCUT2D eigenvalue weighted by Gasteiger charge is -2.30. The monoisotopic (exact) mass is 324 g/mol. The summed E-state index contributed by atoms with van der Waals surface area (Å²) < 4.78 is 39.1. The predicted octanol–water partition coefficient (Wildman–Crippen LogP) is 0.976. The number of carbonyl (C=O) groups excluding carboxylic acids is 1. The van der Waals surface area contributed by atoms with Crippen LogP contribution in [0.15, 0.2) is 29.2 Å². The van der Waals surface area contributed by atoms with E-state index in [2.05, 4.69) is 11.2 Å². The van der Waals surface area contributed by atoms with E-state index < -0.39 is 15.8 Å². The lowest BCUT2D eigenvalue weighted by atomic mass is 9.97.